The maximum absolute atomic E-state index is 13.3. The van der Waals surface area contributed by atoms with E-state index in [2.05, 4.69) is 10.3 Å². The molecule has 0 saturated heterocycles. The van der Waals surface area contributed by atoms with Crippen molar-refractivity contribution in [3.05, 3.63) is 35.6 Å². The highest BCUT2D eigenvalue weighted by Crippen LogP contribution is 2.06. The molecule has 0 saturated carbocycles. The van der Waals surface area contributed by atoms with Gasteiger partial charge in [-0.15, -0.1) is 24.0 Å². The summed E-state index contributed by atoms with van der Waals surface area (Å²) in [5.41, 5.74) is 0.863. The van der Waals surface area contributed by atoms with Gasteiger partial charge in [0.05, 0.1) is 6.26 Å². The molecule has 150 valence electrons. The molecule has 0 atom stereocenters. The predicted molar refractivity (Wildman–Crippen MR) is 116 cm³/mol. The monoisotopic (exact) mass is 500 g/mol. The second kappa shape index (κ2) is 12.4. The van der Waals surface area contributed by atoms with Gasteiger partial charge in [0.15, 0.2) is 5.96 Å². The van der Waals surface area contributed by atoms with Crippen LogP contribution >= 0.6 is 24.0 Å². The third-order valence-corrected chi connectivity index (χ3v) is 5.03. The van der Waals surface area contributed by atoms with Gasteiger partial charge in [-0.25, -0.2) is 17.1 Å². The summed E-state index contributed by atoms with van der Waals surface area (Å²) >= 11 is 0. The number of sulfonamides is 1. The van der Waals surface area contributed by atoms with Crippen LogP contribution in [0.15, 0.2) is 29.3 Å². The number of benzene rings is 1. The van der Waals surface area contributed by atoms with Gasteiger partial charge < -0.3 is 10.2 Å². The van der Waals surface area contributed by atoms with E-state index in [0.717, 1.165) is 12.1 Å². The molecule has 0 fully saturated rings. The quantitative estimate of drug-likeness (QED) is 0.245. The summed E-state index contributed by atoms with van der Waals surface area (Å²) < 4.78 is 37.9. The van der Waals surface area contributed by atoms with Crippen molar-refractivity contribution in [1.29, 1.82) is 0 Å². The van der Waals surface area contributed by atoms with Crippen LogP contribution in [0, 0.1) is 5.82 Å². The summed E-state index contributed by atoms with van der Waals surface area (Å²) in [6.07, 6.45) is 1.86. The van der Waals surface area contributed by atoms with Gasteiger partial charge in [-0.2, -0.15) is 0 Å². The normalized spacial score (nSPS) is 12.0. The first-order valence-corrected chi connectivity index (χ1v) is 10.3. The van der Waals surface area contributed by atoms with Crippen LogP contribution in [-0.2, 0) is 16.6 Å². The Morgan fingerprint density at radius 2 is 2.00 bits per heavy atom. The van der Waals surface area contributed by atoms with Crippen molar-refractivity contribution >= 4 is 40.0 Å². The zero-order chi connectivity index (χ0) is 18.9. The van der Waals surface area contributed by atoms with E-state index in [1.807, 2.05) is 31.9 Å². The largest absolute Gasteiger partial charge is 0.357 e. The lowest BCUT2D eigenvalue weighted by Gasteiger charge is -2.22. The van der Waals surface area contributed by atoms with Crippen molar-refractivity contribution in [2.24, 2.45) is 4.99 Å². The third kappa shape index (κ3) is 9.13. The fraction of sp³-hybridized carbons (Fsp3) is 0.588. The van der Waals surface area contributed by atoms with Gasteiger partial charge in [0.25, 0.3) is 0 Å². The van der Waals surface area contributed by atoms with E-state index in [0.29, 0.717) is 38.6 Å². The zero-order valence-electron chi connectivity index (χ0n) is 15.9. The smallest absolute Gasteiger partial charge is 0.211 e. The number of hydrogen-bond acceptors (Lipinski definition) is 3. The SMILES string of the molecule is CCNC(=NCCCN(CC)S(C)(=O)=O)N(C)Cc1cccc(F)c1.I. The Hall–Kier alpha value is -0.940. The van der Waals surface area contributed by atoms with Gasteiger partial charge in [0, 0.05) is 39.8 Å². The van der Waals surface area contributed by atoms with Gasteiger partial charge in [-0.1, -0.05) is 19.1 Å². The number of guanidine groups is 1. The summed E-state index contributed by atoms with van der Waals surface area (Å²) in [7, 11) is -1.27. The Kier molecular flexibility index (Phi) is 12.0. The molecule has 26 heavy (non-hydrogen) atoms. The van der Waals surface area contributed by atoms with E-state index in [1.54, 1.807) is 6.07 Å². The fourth-order valence-electron chi connectivity index (χ4n) is 2.44. The average Bonchev–Trinajstić information content (AvgIpc) is 2.52. The summed E-state index contributed by atoms with van der Waals surface area (Å²) in [6, 6.07) is 6.48. The van der Waals surface area contributed by atoms with Crippen molar-refractivity contribution < 1.29 is 12.8 Å². The first-order chi connectivity index (χ1) is 11.8. The molecule has 0 unspecified atom stereocenters. The van der Waals surface area contributed by atoms with Crippen molar-refractivity contribution in [1.82, 2.24) is 14.5 Å². The van der Waals surface area contributed by atoms with Gasteiger partial charge in [-0.05, 0) is 31.0 Å². The van der Waals surface area contributed by atoms with Crippen molar-refractivity contribution in [2.75, 3.05) is 39.5 Å². The number of hydrogen-bond donors (Lipinski definition) is 1. The van der Waals surface area contributed by atoms with Crippen LogP contribution < -0.4 is 5.32 Å². The molecule has 0 aliphatic heterocycles. The van der Waals surface area contributed by atoms with Crippen LogP contribution in [0.5, 0.6) is 0 Å². The van der Waals surface area contributed by atoms with Crippen molar-refractivity contribution in [2.45, 2.75) is 26.8 Å². The summed E-state index contributed by atoms with van der Waals surface area (Å²) in [4.78, 5) is 6.46. The molecule has 0 spiro atoms. The van der Waals surface area contributed by atoms with E-state index < -0.39 is 10.0 Å². The molecule has 0 aromatic heterocycles. The van der Waals surface area contributed by atoms with Gasteiger partial charge in [0.1, 0.15) is 5.82 Å². The van der Waals surface area contributed by atoms with Crippen molar-refractivity contribution in [3.63, 3.8) is 0 Å². The minimum absolute atomic E-state index is 0. The molecule has 9 heteroatoms. The average molecular weight is 500 g/mol. The second-order valence-electron chi connectivity index (χ2n) is 5.83. The van der Waals surface area contributed by atoms with E-state index in [9.17, 15) is 12.8 Å². The summed E-state index contributed by atoms with van der Waals surface area (Å²) in [6.45, 7) is 6.48. The van der Waals surface area contributed by atoms with Gasteiger partial charge in [0.2, 0.25) is 10.0 Å². The summed E-state index contributed by atoms with van der Waals surface area (Å²) in [5, 5.41) is 3.20. The lowest BCUT2D eigenvalue weighted by atomic mass is 10.2. The van der Waals surface area contributed by atoms with E-state index >= 15 is 0 Å². The lowest BCUT2D eigenvalue weighted by Crippen LogP contribution is -2.38. The Labute approximate surface area is 173 Å². The molecule has 6 nitrogen and oxygen atoms in total. The highest BCUT2D eigenvalue weighted by Gasteiger charge is 2.13. The molecule has 1 rings (SSSR count). The number of aliphatic imine (C=N–C) groups is 1. The standard InChI is InChI=1S/C17H29FN4O2S.HI/c1-5-19-17(20-11-8-12-22(6-2)25(4,23)24)21(3)14-15-9-7-10-16(18)13-15;/h7,9-10,13H,5-6,8,11-12,14H2,1-4H3,(H,19,20);1H. The van der Waals surface area contributed by atoms with Crippen LogP contribution in [0.25, 0.3) is 0 Å². The number of nitrogens with one attached hydrogen (secondary N) is 1. The Morgan fingerprint density at radius 1 is 1.31 bits per heavy atom. The van der Waals surface area contributed by atoms with Crippen LogP contribution in [-0.4, -0.2) is 63.1 Å². The van der Waals surface area contributed by atoms with Gasteiger partial charge in [-0.3, -0.25) is 4.99 Å². The van der Waals surface area contributed by atoms with Crippen LogP contribution in [0.4, 0.5) is 4.39 Å². The molecule has 1 N–H and O–H groups in total. The highest BCUT2D eigenvalue weighted by atomic mass is 127. The predicted octanol–water partition coefficient (Wildman–Crippen LogP) is 2.51. The van der Waals surface area contributed by atoms with Crippen molar-refractivity contribution in [3.8, 4) is 0 Å². The molecule has 0 heterocycles. The van der Waals surface area contributed by atoms with E-state index in [4.69, 9.17) is 0 Å². The summed E-state index contributed by atoms with van der Waals surface area (Å²) in [5.74, 6) is 0.461. The maximum atomic E-state index is 13.3. The Bertz CT molecular complexity index is 670. The van der Waals surface area contributed by atoms with Crippen LogP contribution in [0.1, 0.15) is 25.8 Å². The molecule has 0 aliphatic carbocycles. The molecule has 0 bridgehead atoms. The fourth-order valence-corrected chi connectivity index (χ4v) is 3.37. The van der Waals surface area contributed by atoms with E-state index in [1.165, 1.54) is 22.7 Å². The Morgan fingerprint density at radius 3 is 2.54 bits per heavy atom. The molecular formula is C17H30FIN4O2S. The molecule has 0 amide bonds. The molecule has 0 radical (unpaired) electrons. The Balaban J connectivity index is 0.00000625. The minimum Gasteiger partial charge on any atom is -0.357 e. The number of rotatable bonds is 9. The number of halogens is 2. The van der Waals surface area contributed by atoms with Crippen LogP contribution in [0.2, 0.25) is 0 Å². The van der Waals surface area contributed by atoms with Crippen LogP contribution in [0.3, 0.4) is 0 Å². The first kappa shape index (κ1) is 25.1. The molecule has 0 aliphatic rings. The highest BCUT2D eigenvalue weighted by molar-refractivity contribution is 14.0. The molecule has 1 aromatic carbocycles. The zero-order valence-corrected chi connectivity index (χ0v) is 19.1. The molecular weight excluding hydrogens is 470 g/mol. The number of nitrogens with zero attached hydrogens (tertiary/aromatic N) is 3. The third-order valence-electron chi connectivity index (χ3n) is 3.65. The van der Waals surface area contributed by atoms with Gasteiger partial charge >= 0.3 is 0 Å². The second-order valence-corrected chi connectivity index (χ2v) is 7.81. The van der Waals surface area contributed by atoms with E-state index in [-0.39, 0.29) is 29.8 Å². The first-order valence-electron chi connectivity index (χ1n) is 8.47. The lowest BCUT2D eigenvalue weighted by molar-refractivity contribution is 0.425. The minimum atomic E-state index is -3.16. The molecule has 1 aromatic rings. The topological polar surface area (TPSA) is 65.0 Å². The maximum Gasteiger partial charge on any atom is 0.211 e.